The maximum Gasteiger partial charge on any atom is 0.279 e. The number of aromatic nitrogens is 2. The molecule has 3 aromatic rings. The Labute approximate surface area is 123 Å². The minimum absolute atomic E-state index is 0.183. The molecule has 0 saturated heterocycles. The highest BCUT2D eigenvalue weighted by Crippen LogP contribution is 2.19. The zero-order valence-corrected chi connectivity index (χ0v) is 12.0. The molecule has 0 aliphatic heterocycles. The van der Waals surface area contributed by atoms with Crippen molar-refractivity contribution in [3.63, 3.8) is 0 Å². The van der Waals surface area contributed by atoms with E-state index in [0.29, 0.717) is 22.3 Å². The van der Waals surface area contributed by atoms with Crippen LogP contribution in [0.2, 0.25) is 0 Å². The van der Waals surface area contributed by atoms with Crippen molar-refractivity contribution in [3.05, 3.63) is 63.4 Å². The summed E-state index contributed by atoms with van der Waals surface area (Å²) in [6.07, 6.45) is 0. The van der Waals surface area contributed by atoms with Crippen LogP contribution >= 0.6 is 15.9 Å². The molecule has 0 radical (unpaired) electrons. The number of benzene rings is 2. The van der Waals surface area contributed by atoms with Crippen LogP contribution < -0.4 is 16.8 Å². The van der Waals surface area contributed by atoms with E-state index in [1.165, 1.54) is 4.68 Å². The van der Waals surface area contributed by atoms with Gasteiger partial charge in [0.15, 0.2) is 5.82 Å². The zero-order valence-electron chi connectivity index (χ0n) is 10.4. The lowest BCUT2D eigenvalue weighted by Gasteiger charge is -2.10. The van der Waals surface area contributed by atoms with Gasteiger partial charge in [-0.2, -0.15) is 4.68 Å². The molecule has 3 rings (SSSR count). The second kappa shape index (κ2) is 5.07. The number of hydrogen-bond donors (Lipinski definition) is 2. The molecule has 6 heteroatoms. The van der Waals surface area contributed by atoms with Crippen LogP contribution in [0.25, 0.3) is 16.5 Å². The maximum absolute atomic E-state index is 12.5. The third-order valence-electron chi connectivity index (χ3n) is 2.99. The molecule has 0 saturated carbocycles. The van der Waals surface area contributed by atoms with Gasteiger partial charge in [0.2, 0.25) is 0 Å². The fraction of sp³-hybridized carbons (Fsp3) is 0. The first kappa shape index (κ1) is 12.8. The minimum Gasteiger partial charge on any atom is -0.307 e. The Morgan fingerprint density at radius 1 is 1.10 bits per heavy atom. The molecule has 100 valence electrons. The highest BCUT2D eigenvalue weighted by Gasteiger charge is 2.10. The molecule has 0 bridgehead atoms. The molecule has 0 unspecified atom stereocenters. The van der Waals surface area contributed by atoms with Crippen molar-refractivity contribution in [3.8, 4) is 5.69 Å². The van der Waals surface area contributed by atoms with Crippen molar-refractivity contribution in [1.82, 2.24) is 9.78 Å². The number of nitrogens with one attached hydrogen (secondary N) is 1. The Balaban J connectivity index is 2.37. The summed E-state index contributed by atoms with van der Waals surface area (Å²) in [6.45, 7) is 0. The van der Waals surface area contributed by atoms with E-state index in [0.717, 1.165) is 4.47 Å². The molecule has 0 atom stereocenters. The number of fused-ring (bicyclic) bond motifs is 1. The van der Waals surface area contributed by atoms with Crippen molar-refractivity contribution in [2.75, 3.05) is 5.43 Å². The highest BCUT2D eigenvalue weighted by molar-refractivity contribution is 9.10. The number of nitrogen functional groups attached to an aromatic ring is 1. The summed E-state index contributed by atoms with van der Waals surface area (Å²) in [6, 6.07) is 14.6. The zero-order chi connectivity index (χ0) is 14.1. The van der Waals surface area contributed by atoms with E-state index in [1.54, 1.807) is 6.07 Å². The monoisotopic (exact) mass is 330 g/mol. The number of nitrogens with two attached hydrogens (primary N) is 1. The highest BCUT2D eigenvalue weighted by atomic mass is 79.9. The van der Waals surface area contributed by atoms with Gasteiger partial charge >= 0.3 is 0 Å². The molecule has 1 heterocycles. The molecule has 0 spiro atoms. The molecule has 0 aliphatic rings. The first-order valence-corrected chi connectivity index (χ1v) is 6.74. The van der Waals surface area contributed by atoms with Crippen LogP contribution in [0.3, 0.4) is 0 Å². The minimum atomic E-state index is -0.183. The predicted molar refractivity (Wildman–Crippen MR) is 82.9 cm³/mol. The fourth-order valence-electron chi connectivity index (χ4n) is 2.08. The summed E-state index contributed by atoms with van der Waals surface area (Å²) in [7, 11) is 0. The van der Waals surface area contributed by atoms with Crippen molar-refractivity contribution >= 4 is 32.5 Å². The predicted octanol–water partition coefficient (Wildman–Crippen LogP) is 2.43. The van der Waals surface area contributed by atoms with E-state index in [2.05, 4.69) is 26.5 Å². The SMILES string of the molecule is NNc1nn(-c2cccc(Br)c2)c(=O)c2ccccc12. The van der Waals surface area contributed by atoms with Gasteiger partial charge in [0.05, 0.1) is 11.1 Å². The standard InChI is InChI=1S/C14H11BrN4O/c15-9-4-3-5-10(8-9)19-14(20)12-7-2-1-6-11(12)13(17-16)18-19/h1-8H,16H2,(H,17,18). The fourth-order valence-corrected chi connectivity index (χ4v) is 2.47. The van der Waals surface area contributed by atoms with Crippen molar-refractivity contribution in [2.45, 2.75) is 0 Å². The van der Waals surface area contributed by atoms with Crippen LogP contribution in [0.15, 0.2) is 57.8 Å². The van der Waals surface area contributed by atoms with Crippen molar-refractivity contribution < 1.29 is 0 Å². The number of anilines is 1. The van der Waals surface area contributed by atoms with E-state index in [9.17, 15) is 4.79 Å². The second-order valence-corrected chi connectivity index (χ2v) is 5.15. The molecule has 5 nitrogen and oxygen atoms in total. The topological polar surface area (TPSA) is 72.9 Å². The van der Waals surface area contributed by atoms with Gasteiger partial charge in [-0.05, 0) is 24.3 Å². The molecule has 0 fully saturated rings. The van der Waals surface area contributed by atoms with Gasteiger partial charge in [0.1, 0.15) is 0 Å². The number of hydrazine groups is 1. The Morgan fingerprint density at radius 2 is 1.85 bits per heavy atom. The number of rotatable bonds is 2. The summed E-state index contributed by atoms with van der Waals surface area (Å²) in [4.78, 5) is 12.5. The molecule has 1 aromatic heterocycles. The third kappa shape index (κ3) is 2.09. The Kier molecular flexibility index (Phi) is 3.25. The summed E-state index contributed by atoms with van der Waals surface area (Å²) < 4.78 is 2.21. The normalized spacial score (nSPS) is 10.7. The van der Waals surface area contributed by atoms with E-state index in [-0.39, 0.29) is 5.56 Å². The molecule has 0 amide bonds. The summed E-state index contributed by atoms with van der Waals surface area (Å²) >= 11 is 3.39. The lowest BCUT2D eigenvalue weighted by atomic mass is 10.2. The lowest BCUT2D eigenvalue weighted by Crippen LogP contribution is -2.24. The lowest BCUT2D eigenvalue weighted by molar-refractivity contribution is 0.822. The van der Waals surface area contributed by atoms with E-state index in [4.69, 9.17) is 5.84 Å². The Bertz CT molecular complexity index is 844. The van der Waals surface area contributed by atoms with Crippen LogP contribution in [-0.4, -0.2) is 9.78 Å². The molecule has 3 N–H and O–H groups in total. The molecule has 0 aliphatic carbocycles. The van der Waals surface area contributed by atoms with Gasteiger partial charge in [-0.3, -0.25) is 4.79 Å². The van der Waals surface area contributed by atoms with Gasteiger partial charge in [-0.1, -0.05) is 40.2 Å². The van der Waals surface area contributed by atoms with Gasteiger partial charge in [0.25, 0.3) is 5.56 Å². The summed E-state index contributed by atoms with van der Waals surface area (Å²) in [5, 5.41) is 5.54. The first-order valence-electron chi connectivity index (χ1n) is 5.95. The van der Waals surface area contributed by atoms with Crippen LogP contribution in [0.4, 0.5) is 5.82 Å². The molecule has 20 heavy (non-hydrogen) atoms. The van der Waals surface area contributed by atoms with Crippen LogP contribution in [-0.2, 0) is 0 Å². The van der Waals surface area contributed by atoms with E-state index < -0.39 is 0 Å². The number of nitrogens with zero attached hydrogens (tertiary/aromatic N) is 2. The van der Waals surface area contributed by atoms with E-state index in [1.807, 2.05) is 42.5 Å². The van der Waals surface area contributed by atoms with Gasteiger partial charge < -0.3 is 5.43 Å². The second-order valence-electron chi connectivity index (χ2n) is 4.24. The average Bonchev–Trinajstić information content (AvgIpc) is 2.48. The van der Waals surface area contributed by atoms with Crippen LogP contribution in [0.5, 0.6) is 0 Å². The van der Waals surface area contributed by atoms with E-state index >= 15 is 0 Å². The average molecular weight is 331 g/mol. The first-order chi connectivity index (χ1) is 9.70. The Hall–Kier alpha value is -2.18. The quantitative estimate of drug-likeness (QED) is 0.559. The Morgan fingerprint density at radius 3 is 2.55 bits per heavy atom. The van der Waals surface area contributed by atoms with Gasteiger partial charge in [0, 0.05) is 9.86 Å². The van der Waals surface area contributed by atoms with Gasteiger partial charge in [-0.15, -0.1) is 5.10 Å². The van der Waals surface area contributed by atoms with Crippen LogP contribution in [0.1, 0.15) is 0 Å². The molecule has 2 aromatic carbocycles. The van der Waals surface area contributed by atoms with Crippen LogP contribution in [0, 0.1) is 0 Å². The van der Waals surface area contributed by atoms with Crippen molar-refractivity contribution in [2.24, 2.45) is 5.84 Å². The largest absolute Gasteiger partial charge is 0.307 e. The third-order valence-corrected chi connectivity index (χ3v) is 3.49. The van der Waals surface area contributed by atoms with Crippen molar-refractivity contribution in [1.29, 1.82) is 0 Å². The summed E-state index contributed by atoms with van der Waals surface area (Å²) in [5.74, 6) is 5.96. The number of halogens is 1. The summed E-state index contributed by atoms with van der Waals surface area (Å²) in [5.41, 5.74) is 3.03. The van der Waals surface area contributed by atoms with Gasteiger partial charge in [-0.25, -0.2) is 5.84 Å². The number of hydrogen-bond acceptors (Lipinski definition) is 4. The molecular formula is C14H11BrN4O. The smallest absolute Gasteiger partial charge is 0.279 e. The maximum atomic E-state index is 12.5. The molecular weight excluding hydrogens is 320 g/mol.